The van der Waals surface area contributed by atoms with Crippen molar-refractivity contribution in [3.05, 3.63) is 48.5 Å². The zero-order valence-corrected chi connectivity index (χ0v) is 16.5. The Bertz CT molecular complexity index is 887. The van der Waals surface area contributed by atoms with Crippen molar-refractivity contribution in [3.8, 4) is 16.9 Å². The van der Waals surface area contributed by atoms with Gasteiger partial charge in [0.2, 0.25) is 11.8 Å². The van der Waals surface area contributed by atoms with Crippen molar-refractivity contribution in [2.75, 3.05) is 51.8 Å². The lowest BCUT2D eigenvalue weighted by atomic mass is 10.0. The van der Waals surface area contributed by atoms with E-state index in [0.29, 0.717) is 37.7 Å². The standard InChI is InChI=1S/C22H25N3O4/c1-28-15-22(27)25-10-9-24-13-21(26)23-19-11-17(16-5-3-2-4-6-16)7-8-20(19)29-14-18(24)12-25/h2-8,11,18H,9-10,12-15H2,1H3,(H,23,26)/t18-/m0/s1. The molecule has 0 bridgehead atoms. The number of nitrogens with one attached hydrogen (secondary N) is 1. The monoisotopic (exact) mass is 395 g/mol. The van der Waals surface area contributed by atoms with Crippen LogP contribution in [-0.4, -0.2) is 74.2 Å². The van der Waals surface area contributed by atoms with Crippen molar-refractivity contribution < 1.29 is 19.1 Å². The van der Waals surface area contributed by atoms with Crippen molar-refractivity contribution in [1.82, 2.24) is 9.80 Å². The molecule has 1 fully saturated rings. The summed E-state index contributed by atoms with van der Waals surface area (Å²) in [5, 5.41) is 2.99. The van der Waals surface area contributed by atoms with Gasteiger partial charge in [-0.1, -0.05) is 36.4 Å². The third kappa shape index (κ3) is 4.41. The molecule has 1 saturated heterocycles. The zero-order valence-electron chi connectivity index (χ0n) is 16.5. The molecule has 2 amide bonds. The van der Waals surface area contributed by atoms with Gasteiger partial charge in [0.25, 0.3) is 0 Å². The summed E-state index contributed by atoms with van der Waals surface area (Å²) >= 11 is 0. The Kier molecular flexibility index (Phi) is 5.78. The van der Waals surface area contributed by atoms with Gasteiger partial charge >= 0.3 is 0 Å². The Labute approximate surface area is 170 Å². The van der Waals surface area contributed by atoms with Crippen molar-refractivity contribution in [1.29, 1.82) is 0 Å². The number of piperazine rings is 1. The van der Waals surface area contributed by atoms with Crippen molar-refractivity contribution in [3.63, 3.8) is 0 Å². The number of methoxy groups -OCH3 is 1. The Hall–Kier alpha value is -2.90. The molecule has 0 aliphatic carbocycles. The van der Waals surface area contributed by atoms with E-state index in [1.54, 1.807) is 4.90 Å². The van der Waals surface area contributed by atoms with E-state index in [1.165, 1.54) is 7.11 Å². The average molecular weight is 395 g/mol. The van der Waals surface area contributed by atoms with E-state index in [2.05, 4.69) is 10.2 Å². The van der Waals surface area contributed by atoms with Crippen LogP contribution in [0.1, 0.15) is 0 Å². The van der Waals surface area contributed by atoms with Gasteiger partial charge in [-0.05, 0) is 23.3 Å². The highest BCUT2D eigenvalue weighted by atomic mass is 16.5. The van der Waals surface area contributed by atoms with Crippen LogP contribution in [0.2, 0.25) is 0 Å². The van der Waals surface area contributed by atoms with Crippen LogP contribution in [-0.2, 0) is 14.3 Å². The summed E-state index contributed by atoms with van der Waals surface area (Å²) in [4.78, 5) is 28.7. The van der Waals surface area contributed by atoms with Gasteiger partial charge in [-0.2, -0.15) is 0 Å². The van der Waals surface area contributed by atoms with Crippen molar-refractivity contribution in [2.24, 2.45) is 0 Å². The summed E-state index contributed by atoms with van der Waals surface area (Å²) in [5.41, 5.74) is 2.76. The molecule has 7 heteroatoms. The number of hydrogen-bond acceptors (Lipinski definition) is 5. The molecule has 0 spiro atoms. The highest BCUT2D eigenvalue weighted by Crippen LogP contribution is 2.32. The molecular formula is C22H25N3O4. The van der Waals surface area contributed by atoms with Gasteiger partial charge in [-0.3, -0.25) is 14.5 Å². The molecule has 152 valence electrons. The fourth-order valence-corrected chi connectivity index (χ4v) is 3.82. The van der Waals surface area contributed by atoms with Gasteiger partial charge in [0.1, 0.15) is 19.0 Å². The number of nitrogens with zero attached hydrogens (tertiary/aromatic N) is 2. The van der Waals surface area contributed by atoms with Crippen LogP contribution >= 0.6 is 0 Å². The fourth-order valence-electron chi connectivity index (χ4n) is 3.82. The topological polar surface area (TPSA) is 71.1 Å². The fraction of sp³-hybridized carbons (Fsp3) is 0.364. The van der Waals surface area contributed by atoms with E-state index in [0.717, 1.165) is 11.1 Å². The summed E-state index contributed by atoms with van der Waals surface area (Å²) in [7, 11) is 1.52. The SMILES string of the molecule is COCC(=O)N1CCN2CC(=O)Nc3cc(-c4ccccc4)ccc3OC[C@@H]2C1. The summed E-state index contributed by atoms with van der Waals surface area (Å²) in [6.45, 7) is 2.48. The Morgan fingerprint density at radius 3 is 2.79 bits per heavy atom. The maximum Gasteiger partial charge on any atom is 0.248 e. The molecule has 0 aromatic heterocycles. The number of hydrogen-bond donors (Lipinski definition) is 1. The van der Waals surface area contributed by atoms with E-state index in [4.69, 9.17) is 9.47 Å². The average Bonchev–Trinajstić information content (AvgIpc) is 2.80. The molecule has 7 nitrogen and oxygen atoms in total. The van der Waals surface area contributed by atoms with E-state index >= 15 is 0 Å². The van der Waals surface area contributed by atoms with E-state index in [1.807, 2.05) is 48.5 Å². The second-order valence-corrected chi connectivity index (χ2v) is 7.33. The largest absolute Gasteiger partial charge is 0.490 e. The molecule has 2 aliphatic rings. The number of carbonyl (C=O) groups is 2. The number of benzene rings is 2. The number of fused-ring (bicyclic) bond motifs is 2. The summed E-state index contributed by atoms with van der Waals surface area (Å²) in [5.74, 6) is 0.522. The Balaban J connectivity index is 1.55. The molecule has 2 heterocycles. The first-order chi connectivity index (χ1) is 14.1. The lowest BCUT2D eigenvalue weighted by Gasteiger charge is -2.40. The molecule has 2 aromatic carbocycles. The highest BCUT2D eigenvalue weighted by Gasteiger charge is 2.32. The van der Waals surface area contributed by atoms with Crippen LogP contribution in [0.3, 0.4) is 0 Å². The third-order valence-electron chi connectivity index (χ3n) is 5.36. The smallest absolute Gasteiger partial charge is 0.248 e. The lowest BCUT2D eigenvalue weighted by molar-refractivity contribution is -0.138. The van der Waals surface area contributed by atoms with Crippen molar-refractivity contribution >= 4 is 17.5 Å². The van der Waals surface area contributed by atoms with Crippen LogP contribution < -0.4 is 10.1 Å². The minimum Gasteiger partial charge on any atom is -0.490 e. The third-order valence-corrected chi connectivity index (χ3v) is 5.36. The van der Waals surface area contributed by atoms with Gasteiger partial charge < -0.3 is 19.7 Å². The number of anilines is 1. The number of ether oxygens (including phenoxy) is 2. The maximum atomic E-state index is 12.7. The van der Waals surface area contributed by atoms with Crippen LogP contribution in [0, 0.1) is 0 Å². The number of carbonyl (C=O) groups excluding carboxylic acids is 2. The predicted molar refractivity (Wildman–Crippen MR) is 110 cm³/mol. The van der Waals surface area contributed by atoms with Gasteiger partial charge in [0.15, 0.2) is 0 Å². The van der Waals surface area contributed by atoms with E-state index in [-0.39, 0.29) is 31.0 Å². The zero-order chi connectivity index (χ0) is 20.2. The molecule has 0 saturated carbocycles. The van der Waals surface area contributed by atoms with Crippen molar-refractivity contribution in [2.45, 2.75) is 6.04 Å². The minimum absolute atomic E-state index is 0.0376. The first-order valence-corrected chi connectivity index (χ1v) is 9.77. The molecule has 0 unspecified atom stereocenters. The molecule has 4 rings (SSSR count). The van der Waals surface area contributed by atoms with Gasteiger partial charge in [0.05, 0.1) is 18.3 Å². The molecule has 2 aliphatic heterocycles. The number of rotatable bonds is 3. The van der Waals surface area contributed by atoms with Crippen LogP contribution in [0.4, 0.5) is 5.69 Å². The first-order valence-electron chi connectivity index (χ1n) is 9.77. The van der Waals surface area contributed by atoms with E-state index in [9.17, 15) is 9.59 Å². The van der Waals surface area contributed by atoms with Gasteiger partial charge in [0, 0.05) is 26.7 Å². The molecule has 29 heavy (non-hydrogen) atoms. The Morgan fingerprint density at radius 1 is 1.17 bits per heavy atom. The summed E-state index contributed by atoms with van der Waals surface area (Å²) < 4.78 is 11.0. The van der Waals surface area contributed by atoms with Gasteiger partial charge in [-0.25, -0.2) is 0 Å². The quantitative estimate of drug-likeness (QED) is 0.859. The summed E-state index contributed by atoms with van der Waals surface area (Å²) in [6, 6.07) is 15.8. The molecule has 2 aromatic rings. The minimum atomic E-state index is -0.0800. The Morgan fingerprint density at radius 2 is 2.00 bits per heavy atom. The van der Waals surface area contributed by atoms with Crippen LogP contribution in [0.15, 0.2) is 48.5 Å². The molecule has 1 atom stereocenters. The van der Waals surface area contributed by atoms with Crippen LogP contribution in [0.25, 0.3) is 11.1 Å². The second-order valence-electron chi connectivity index (χ2n) is 7.33. The molecule has 1 N–H and O–H groups in total. The lowest BCUT2D eigenvalue weighted by Crippen LogP contribution is -2.58. The first kappa shape index (κ1) is 19.4. The number of amides is 2. The maximum absolute atomic E-state index is 12.7. The van der Waals surface area contributed by atoms with Crippen LogP contribution in [0.5, 0.6) is 5.75 Å². The second kappa shape index (κ2) is 8.63. The predicted octanol–water partition coefficient (Wildman–Crippen LogP) is 1.84. The normalized spacial score (nSPS) is 19.7. The summed E-state index contributed by atoms with van der Waals surface area (Å²) in [6.07, 6.45) is 0. The highest BCUT2D eigenvalue weighted by molar-refractivity contribution is 5.94. The van der Waals surface area contributed by atoms with Gasteiger partial charge in [-0.15, -0.1) is 0 Å². The molecule has 0 radical (unpaired) electrons. The van der Waals surface area contributed by atoms with E-state index < -0.39 is 0 Å². The molecular weight excluding hydrogens is 370 g/mol.